The summed E-state index contributed by atoms with van der Waals surface area (Å²) < 4.78 is 5.28. The van der Waals surface area contributed by atoms with Gasteiger partial charge in [0.15, 0.2) is 0 Å². The smallest absolute Gasteiger partial charge is 0.315 e. The van der Waals surface area contributed by atoms with E-state index in [2.05, 4.69) is 22.8 Å². The molecule has 122 valence electrons. The molecule has 0 spiro atoms. The van der Waals surface area contributed by atoms with Gasteiger partial charge in [-0.15, -0.1) is 0 Å². The van der Waals surface area contributed by atoms with Crippen molar-refractivity contribution < 1.29 is 14.6 Å². The van der Waals surface area contributed by atoms with Gasteiger partial charge in [-0.25, -0.2) is 4.79 Å². The Morgan fingerprint density at radius 1 is 1.50 bits per heavy atom. The largest absolute Gasteiger partial charge is 0.497 e. The van der Waals surface area contributed by atoms with Gasteiger partial charge in [-0.2, -0.15) is 0 Å². The first-order valence-corrected chi connectivity index (χ1v) is 8.00. The highest BCUT2D eigenvalue weighted by Gasteiger charge is 2.21. The summed E-state index contributed by atoms with van der Waals surface area (Å²) in [6.45, 7) is 2.52. The fourth-order valence-electron chi connectivity index (χ4n) is 2.96. The number of ether oxygens (including phenoxy) is 1. The highest BCUT2D eigenvalue weighted by molar-refractivity contribution is 5.74. The van der Waals surface area contributed by atoms with E-state index in [-0.39, 0.29) is 18.7 Å². The van der Waals surface area contributed by atoms with Crippen LogP contribution in [0.5, 0.6) is 5.75 Å². The minimum atomic E-state index is -0.207. The summed E-state index contributed by atoms with van der Waals surface area (Å²) in [4.78, 5) is 11.9. The van der Waals surface area contributed by atoms with E-state index in [9.17, 15) is 4.79 Å². The number of benzene rings is 1. The van der Waals surface area contributed by atoms with Gasteiger partial charge in [0.05, 0.1) is 19.8 Å². The van der Waals surface area contributed by atoms with Crippen LogP contribution in [0.15, 0.2) is 18.2 Å². The first-order valence-electron chi connectivity index (χ1n) is 8.00. The van der Waals surface area contributed by atoms with Gasteiger partial charge >= 0.3 is 6.03 Å². The molecule has 1 aromatic rings. The molecule has 1 aliphatic rings. The van der Waals surface area contributed by atoms with Crippen molar-refractivity contribution in [1.29, 1.82) is 0 Å². The number of aryl methyl sites for hydroxylation is 1. The molecule has 2 atom stereocenters. The van der Waals surface area contributed by atoms with Crippen LogP contribution in [-0.4, -0.2) is 37.4 Å². The molecule has 0 heterocycles. The Bertz CT molecular complexity index is 501. The number of fused-ring (bicyclic) bond motifs is 1. The molecule has 22 heavy (non-hydrogen) atoms. The molecule has 0 saturated carbocycles. The average molecular weight is 306 g/mol. The Kier molecular flexibility index (Phi) is 6.07. The van der Waals surface area contributed by atoms with E-state index in [4.69, 9.17) is 9.84 Å². The maximum Gasteiger partial charge on any atom is 0.315 e. The average Bonchev–Trinajstić information content (AvgIpc) is 2.57. The SMILES string of the molecule is CC[C@@H](CO)NC(=O)NC[C@@H]1CCCc2cc(OC)ccc21. The van der Waals surface area contributed by atoms with Crippen LogP contribution in [-0.2, 0) is 6.42 Å². The summed E-state index contributed by atoms with van der Waals surface area (Å²) in [5.74, 6) is 1.23. The lowest BCUT2D eigenvalue weighted by Gasteiger charge is -2.26. The Labute approximate surface area is 132 Å². The van der Waals surface area contributed by atoms with E-state index in [0.717, 1.165) is 31.4 Å². The van der Waals surface area contributed by atoms with Gasteiger partial charge in [0.2, 0.25) is 0 Å². The van der Waals surface area contributed by atoms with Crippen LogP contribution in [0.25, 0.3) is 0 Å². The lowest BCUT2D eigenvalue weighted by atomic mass is 9.82. The minimum Gasteiger partial charge on any atom is -0.497 e. The molecule has 0 aliphatic heterocycles. The van der Waals surface area contributed by atoms with Crippen LogP contribution >= 0.6 is 0 Å². The molecule has 2 amide bonds. The van der Waals surface area contributed by atoms with Gasteiger partial charge in [-0.1, -0.05) is 13.0 Å². The summed E-state index contributed by atoms with van der Waals surface area (Å²) in [6, 6.07) is 5.81. The van der Waals surface area contributed by atoms with Gasteiger partial charge < -0.3 is 20.5 Å². The fraction of sp³-hybridized carbons (Fsp3) is 0.588. The first kappa shape index (κ1) is 16.6. The monoisotopic (exact) mass is 306 g/mol. The quantitative estimate of drug-likeness (QED) is 0.754. The van der Waals surface area contributed by atoms with E-state index in [1.165, 1.54) is 11.1 Å². The zero-order chi connectivity index (χ0) is 15.9. The second-order valence-electron chi connectivity index (χ2n) is 5.80. The third-order valence-electron chi connectivity index (χ3n) is 4.35. The number of aliphatic hydroxyl groups is 1. The second-order valence-corrected chi connectivity index (χ2v) is 5.80. The van der Waals surface area contributed by atoms with Gasteiger partial charge in [-0.3, -0.25) is 0 Å². The normalized spacial score (nSPS) is 18.2. The molecule has 0 fully saturated rings. The molecule has 1 aliphatic carbocycles. The lowest BCUT2D eigenvalue weighted by Crippen LogP contribution is -2.44. The molecule has 0 aromatic heterocycles. The van der Waals surface area contributed by atoms with Crippen molar-refractivity contribution in [2.24, 2.45) is 0 Å². The third kappa shape index (κ3) is 4.13. The molecule has 3 N–H and O–H groups in total. The van der Waals surface area contributed by atoms with Crippen molar-refractivity contribution in [1.82, 2.24) is 10.6 Å². The van der Waals surface area contributed by atoms with Crippen LogP contribution in [0.2, 0.25) is 0 Å². The fourth-order valence-corrected chi connectivity index (χ4v) is 2.96. The number of carbonyl (C=O) groups is 1. The minimum absolute atomic E-state index is 0.0318. The van der Waals surface area contributed by atoms with Crippen molar-refractivity contribution in [3.63, 3.8) is 0 Å². The van der Waals surface area contributed by atoms with Crippen molar-refractivity contribution in [3.05, 3.63) is 29.3 Å². The van der Waals surface area contributed by atoms with Crippen molar-refractivity contribution in [3.8, 4) is 5.75 Å². The lowest BCUT2D eigenvalue weighted by molar-refractivity contribution is 0.214. The molecule has 5 heteroatoms. The van der Waals surface area contributed by atoms with E-state index >= 15 is 0 Å². The number of hydrogen-bond donors (Lipinski definition) is 3. The van der Waals surface area contributed by atoms with E-state index in [0.29, 0.717) is 12.5 Å². The Morgan fingerprint density at radius 2 is 2.32 bits per heavy atom. The van der Waals surface area contributed by atoms with Gasteiger partial charge in [0, 0.05) is 12.5 Å². The molecule has 0 unspecified atom stereocenters. The summed E-state index contributed by atoms with van der Waals surface area (Å²) in [5, 5.41) is 14.8. The van der Waals surface area contributed by atoms with E-state index in [1.807, 2.05) is 13.0 Å². The topological polar surface area (TPSA) is 70.6 Å². The number of hydrogen-bond acceptors (Lipinski definition) is 3. The predicted octanol–water partition coefficient (Wildman–Crippen LogP) is 2.19. The van der Waals surface area contributed by atoms with Crippen LogP contribution < -0.4 is 15.4 Å². The van der Waals surface area contributed by atoms with Crippen molar-refractivity contribution in [2.75, 3.05) is 20.3 Å². The van der Waals surface area contributed by atoms with Crippen molar-refractivity contribution in [2.45, 2.75) is 44.6 Å². The molecular formula is C17H26N2O3. The van der Waals surface area contributed by atoms with Crippen LogP contribution in [0.1, 0.15) is 43.2 Å². The highest BCUT2D eigenvalue weighted by Crippen LogP contribution is 2.33. The van der Waals surface area contributed by atoms with Gasteiger partial charge in [0.1, 0.15) is 5.75 Å². The first-order chi connectivity index (χ1) is 10.7. The number of rotatable bonds is 6. The van der Waals surface area contributed by atoms with Gasteiger partial charge in [0.25, 0.3) is 0 Å². The van der Waals surface area contributed by atoms with Crippen LogP contribution in [0.4, 0.5) is 4.79 Å². The number of methoxy groups -OCH3 is 1. The van der Waals surface area contributed by atoms with E-state index < -0.39 is 0 Å². The maximum atomic E-state index is 11.9. The summed E-state index contributed by atoms with van der Waals surface area (Å²) >= 11 is 0. The summed E-state index contributed by atoms with van der Waals surface area (Å²) in [7, 11) is 1.68. The maximum absolute atomic E-state index is 11.9. The van der Waals surface area contributed by atoms with E-state index in [1.54, 1.807) is 7.11 Å². The zero-order valence-corrected chi connectivity index (χ0v) is 13.4. The standard InChI is InChI=1S/C17H26N2O3/c1-3-14(11-20)19-17(21)18-10-13-6-4-5-12-9-15(22-2)7-8-16(12)13/h7-9,13-14,20H,3-6,10-11H2,1-2H3,(H2,18,19,21)/t13-,14-/m0/s1. The Balaban J connectivity index is 1.93. The highest BCUT2D eigenvalue weighted by atomic mass is 16.5. The number of carbonyl (C=O) groups excluding carboxylic acids is 1. The number of urea groups is 1. The van der Waals surface area contributed by atoms with Crippen LogP contribution in [0, 0.1) is 0 Å². The van der Waals surface area contributed by atoms with Crippen molar-refractivity contribution >= 4 is 6.03 Å². The molecule has 1 aromatic carbocycles. The molecule has 5 nitrogen and oxygen atoms in total. The molecule has 0 radical (unpaired) electrons. The number of amides is 2. The predicted molar refractivity (Wildman–Crippen MR) is 86.4 cm³/mol. The molecular weight excluding hydrogens is 280 g/mol. The zero-order valence-electron chi connectivity index (χ0n) is 13.4. The molecule has 2 rings (SSSR count). The number of nitrogens with one attached hydrogen (secondary N) is 2. The molecule has 0 saturated heterocycles. The Hall–Kier alpha value is -1.75. The summed E-state index contributed by atoms with van der Waals surface area (Å²) in [5.41, 5.74) is 2.63. The van der Waals surface area contributed by atoms with Crippen LogP contribution in [0.3, 0.4) is 0 Å². The molecule has 0 bridgehead atoms. The second kappa shape index (κ2) is 8.03. The number of aliphatic hydroxyl groups excluding tert-OH is 1. The Morgan fingerprint density at radius 3 is 3.00 bits per heavy atom. The third-order valence-corrected chi connectivity index (χ3v) is 4.35. The van der Waals surface area contributed by atoms with Gasteiger partial charge in [-0.05, 0) is 48.9 Å². The summed E-state index contributed by atoms with van der Waals surface area (Å²) in [6.07, 6.45) is 3.99.